The van der Waals surface area contributed by atoms with Gasteiger partial charge in [-0.05, 0) is 29.8 Å². The summed E-state index contributed by atoms with van der Waals surface area (Å²) in [6.45, 7) is 0.694. The Labute approximate surface area is 144 Å². The average Bonchev–Trinajstić information content (AvgIpc) is 2.94. The second kappa shape index (κ2) is 6.87. The van der Waals surface area contributed by atoms with Crippen molar-refractivity contribution in [1.82, 2.24) is 9.55 Å². The zero-order valence-electron chi connectivity index (χ0n) is 13.1. The van der Waals surface area contributed by atoms with Gasteiger partial charge in [0.05, 0.1) is 19.0 Å². The molecule has 1 aromatic heterocycles. The summed E-state index contributed by atoms with van der Waals surface area (Å²) in [6.07, 6.45) is 1.88. The standard InChI is InChI=1S/C18H18BrN3O/c1-22-17(14-6-4-7-15(19)10-14)12-21-18(22)20-11-13-5-3-8-16(9-13)23-2/h3-10,12H,11H2,1-2H3,(H,20,21). The number of rotatable bonds is 5. The third kappa shape index (κ3) is 3.56. The molecule has 0 fully saturated rings. The van der Waals surface area contributed by atoms with Crippen LogP contribution in [-0.4, -0.2) is 16.7 Å². The first kappa shape index (κ1) is 15.6. The molecule has 1 heterocycles. The first-order valence-electron chi connectivity index (χ1n) is 7.32. The summed E-state index contributed by atoms with van der Waals surface area (Å²) in [7, 11) is 3.69. The fourth-order valence-corrected chi connectivity index (χ4v) is 2.85. The second-order valence-corrected chi connectivity index (χ2v) is 6.16. The van der Waals surface area contributed by atoms with Gasteiger partial charge in [-0.15, -0.1) is 0 Å². The minimum atomic E-state index is 0.694. The molecule has 3 aromatic rings. The van der Waals surface area contributed by atoms with Gasteiger partial charge in [-0.3, -0.25) is 0 Å². The molecule has 0 saturated carbocycles. The second-order valence-electron chi connectivity index (χ2n) is 5.24. The largest absolute Gasteiger partial charge is 0.497 e. The van der Waals surface area contributed by atoms with Crippen LogP contribution in [0.15, 0.2) is 59.2 Å². The molecule has 0 radical (unpaired) electrons. The Hall–Kier alpha value is -2.27. The van der Waals surface area contributed by atoms with E-state index in [0.29, 0.717) is 6.54 Å². The van der Waals surface area contributed by atoms with Crippen molar-refractivity contribution in [2.24, 2.45) is 7.05 Å². The lowest BCUT2D eigenvalue weighted by molar-refractivity contribution is 0.414. The van der Waals surface area contributed by atoms with Crippen molar-refractivity contribution < 1.29 is 4.74 Å². The Morgan fingerprint density at radius 2 is 2.00 bits per heavy atom. The molecule has 0 bridgehead atoms. The molecule has 0 aliphatic heterocycles. The predicted molar refractivity (Wildman–Crippen MR) is 96.7 cm³/mol. The van der Waals surface area contributed by atoms with Gasteiger partial charge in [0.15, 0.2) is 0 Å². The van der Waals surface area contributed by atoms with Crippen molar-refractivity contribution in [2.75, 3.05) is 12.4 Å². The van der Waals surface area contributed by atoms with E-state index < -0.39 is 0 Å². The van der Waals surface area contributed by atoms with E-state index in [-0.39, 0.29) is 0 Å². The molecule has 0 spiro atoms. The third-order valence-electron chi connectivity index (χ3n) is 3.69. The van der Waals surface area contributed by atoms with Gasteiger partial charge in [-0.1, -0.05) is 40.2 Å². The molecule has 0 atom stereocenters. The monoisotopic (exact) mass is 371 g/mol. The van der Waals surface area contributed by atoms with E-state index in [1.807, 2.05) is 43.6 Å². The van der Waals surface area contributed by atoms with Crippen molar-refractivity contribution >= 4 is 21.9 Å². The van der Waals surface area contributed by atoms with Gasteiger partial charge in [0.1, 0.15) is 5.75 Å². The van der Waals surface area contributed by atoms with Crippen LogP contribution in [-0.2, 0) is 13.6 Å². The molecule has 118 valence electrons. The van der Waals surface area contributed by atoms with Crippen LogP contribution >= 0.6 is 15.9 Å². The van der Waals surface area contributed by atoms with E-state index in [0.717, 1.165) is 33.0 Å². The van der Waals surface area contributed by atoms with Gasteiger partial charge in [-0.25, -0.2) is 4.98 Å². The van der Waals surface area contributed by atoms with Crippen LogP contribution in [0.1, 0.15) is 5.56 Å². The molecule has 0 aliphatic rings. The lowest BCUT2D eigenvalue weighted by atomic mass is 10.2. The van der Waals surface area contributed by atoms with Crippen LogP contribution in [0.4, 0.5) is 5.95 Å². The molecule has 4 nitrogen and oxygen atoms in total. The normalized spacial score (nSPS) is 10.6. The smallest absolute Gasteiger partial charge is 0.203 e. The summed E-state index contributed by atoms with van der Waals surface area (Å²) < 4.78 is 8.37. The molecule has 0 unspecified atom stereocenters. The molecule has 0 saturated heterocycles. The van der Waals surface area contributed by atoms with Crippen LogP contribution in [0.2, 0.25) is 0 Å². The maximum atomic E-state index is 5.25. The maximum Gasteiger partial charge on any atom is 0.203 e. The Balaban J connectivity index is 1.77. The minimum Gasteiger partial charge on any atom is -0.497 e. The summed E-state index contributed by atoms with van der Waals surface area (Å²) in [5.41, 5.74) is 3.35. The lowest BCUT2D eigenvalue weighted by Crippen LogP contribution is -2.05. The van der Waals surface area contributed by atoms with Crippen LogP contribution in [0.3, 0.4) is 0 Å². The highest BCUT2D eigenvalue weighted by Gasteiger charge is 2.08. The number of ether oxygens (including phenoxy) is 1. The number of benzene rings is 2. The van der Waals surface area contributed by atoms with Crippen LogP contribution in [0.25, 0.3) is 11.3 Å². The van der Waals surface area contributed by atoms with Gasteiger partial charge in [0, 0.05) is 23.6 Å². The minimum absolute atomic E-state index is 0.694. The highest BCUT2D eigenvalue weighted by molar-refractivity contribution is 9.10. The fraction of sp³-hybridized carbons (Fsp3) is 0.167. The van der Waals surface area contributed by atoms with Crippen molar-refractivity contribution in [1.29, 1.82) is 0 Å². The number of methoxy groups -OCH3 is 1. The van der Waals surface area contributed by atoms with Crippen molar-refractivity contribution in [3.8, 4) is 17.0 Å². The number of halogens is 1. The van der Waals surface area contributed by atoms with Gasteiger partial charge in [0.25, 0.3) is 0 Å². The highest BCUT2D eigenvalue weighted by atomic mass is 79.9. The first-order chi connectivity index (χ1) is 11.2. The van der Waals surface area contributed by atoms with Crippen molar-refractivity contribution in [3.05, 3.63) is 64.8 Å². The molecule has 3 rings (SSSR count). The van der Waals surface area contributed by atoms with E-state index in [1.54, 1.807) is 7.11 Å². The molecule has 2 aromatic carbocycles. The summed E-state index contributed by atoms with van der Waals surface area (Å²) in [4.78, 5) is 4.48. The molecular weight excluding hydrogens is 354 g/mol. The van der Waals surface area contributed by atoms with Crippen molar-refractivity contribution in [2.45, 2.75) is 6.54 Å². The zero-order valence-corrected chi connectivity index (χ0v) is 14.7. The average molecular weight is 372 g/mol. The van der Waals surface area contributed by atoms with Gasteiger partial charge >= 0.3 is 0 Å². The Morgan fingerprint density at radius 1 is 1.17 bits per heavy atom. The van der Waals surface area contributed by atoms with Crippen molar-refractivity contribution in [3.63, 3.8) is 0 Å². The van der Waals surface area contributed by atoms with Crippen LogP contribution < -0.4 is 10.1 Å². The highest BCUT2D eigenvalue weighted by Crippen LogP contribution is 2.25. The number of hydrogen-bond acceptors (Lipinski definition) is 3. The molecule has 5 heteroatoms. The molecule has 0 amide bonds. The van der Waals surface area contributed by atoms with E-state index >= 15 is 0 Å². The van der Waals surface area contributed by atoms with E-state index in [2.05, 4.69) is 49.0 Å². The van der Waals surface area contributed by atoms with Crippen LogP contribution in [0.5, 0.6) is 5.75 Å². The van der Waals surface area contributed by atoms with Gasteiger partial charge in [-0.2, -0.15) is 0 Å². The Morgan fingerprint density at radius 3 is 2.78 bits per heavy atom. The molecule has 23 heavy (non-hydrogen) atoms. The third-order valence-corrected chi connectivity index (χ3v) is 4.19. The molecule has 1 N–H and O–H groups in total. The number of imidazole rings is 1. The maximum absolute atomic E-state index is 5.25. The summed E-state index contributed by atoms with van der Waals surface area (Å²) >= 11 is 3.51. The molecule has 0 aliphatic carbocycles. The quantitative estimate of drug-likeness (QED) is 0.718. The summed E-state index contributed by atoms with van der Waals surface area (Å²) in [5.74, 6) is 1.70. The fourth-order valence-electron chi connectivity index (χ4n) is 2.45. The Bertz CT molecular complexity index is 814. The van der Waals surface area contributed by atoms with Gasteiger partial charge in [0.2, 0.25) is 5.95 Å². The number of hydrogen-bond donors (Lipinski definition) is 1. The van der Waals surface area contributed by atoms with Gasteiger partial charge < -0.3 is 14.6 Å². The number of aromatic nitrogens is 2. The topological polar surface area (TPSA) is 39.1 Å². The molecular formula is C18H18BrN3O. The zero-order chi connectivity index (χ0) is 16.2. The first-order valence-corrected chi connectivity index (χ1v) is 8.11. The van der Waals surface area contributed by atoms with E-state index in [4.69, 9.17) is 4.74 Å². The van der Waals surface area contributed by atoms with Crippen LogP contribution in [0, 0.1) is 0 Å². The SMILES string of the molecule is COc1cccc(CNc2ncc(-c3cccc(Br)c3)n2C)c1. The van der Waals surface area contributed by atoms with E-state index in [1.165, 1.54) is 0 Å². The number of nitrogens with one attached hydrogen (secondary N) is 1. The lowest BCUT2D eigenvalue weighted by Gasteiger charge is -2.09. The Kier molecular flexibility index (Phi) is 4.67. The van der Waals surface area contributed by atoms with E-state index in [9.17, 15) is 0 Å². The predicted octanol–water partition coefficient (Wildman–Crippen LogP) is 4.47. The summed E-state index contributed by atoms with van der Waals surface area (Å²) in [6, 6.07) is 16.2. The number of anilines is 1. The summed E-state index contributed by atoms with van der Waals surface area (Å²) in [5, 5.41) is 3.37. The number of nitrogens with zero attached hydrogens (tertiary/aromatic N) is 2.